The highest BCUT2D eigenvalue weighted by Gasteiger charge is 2.09. The summed E-state index contributed by atoms with van der Waals surface area (Å²) in [6.07, 6.45) is 2.16. The molecule has 5 N–H and O–H groups in total. The maximum Gasteiger partial charge on any atom is 0.331 e. The third-order valence-corrected chi connectivity index (χ3v) is 2.78. The average molecular weight is 305 g/mol. The van der Waals surface area contributed by atoms with Crippen LogP contribution in [0.15, 0.2) is 40.9 Å². The van der Waals surface area contributed by atoms with Gasteiger partial charge in [-0.1, -0.05) is 32.1 Å². The molecule has 0 saturated heterocycles. The van der Waals surface area contributed by atoms with Gasteiger partial charge < -0.3 is 21.3 Å². The highest BCUT2D eigenvalue weighted by Crippen LogP contribution is 2.16. The van der Waals surface area contributed by atoms with E-state index in [0.717, 1.165) is 5.56 Å². The van der Waals surface area contributed by atoms with E-state index >= 15 is 0 Å². The van der Waals surface area contributed by atoms with Crippen LogP contribution in [0.25, 0.3) is 0 Å². The maximum absolute atomic E-state index is 11.2. The molecule has 0 aromatic heterocycles. The highest BCUT2D eigenvalue weighted by molar-refractivity contribution is 5.87. The first kappa shape index (κ1) is 17.6. The lowest BCUT2D eigenvalue weighted by Crippen LogP contribution is -2.23. The van der Waals surface area contributed by atoms with Gasteiger partial charge in [-0.05, 0) is 23.6 Å². The van der Waals surface area contributed by atoms with Gasteiger partial charge in [0.1, 0.15) is 12.4 Å². The Morgan fingerprint density at radius 2 is 1.95 bits per heavy atom. The van der Waals surface area contributed by atoms with Crippen molar-refractivity contribution >= 4 is 11.9 Å². The van der Waals surface area contributed by atoms with Crippen molar-refractivity contribution in [3.05, 3.63) is 41.5 Å². The third kappa shape index (κ3) is 6.78. The van der Waals surface area contributed by atoms with Crippen LogP contribution in [-0.4, -0.2) is 30.2 Å². The number of hydrogen-bond acceptors (Lipinski definition) is 3. The lowest BCUT2D eigenvalue weighted by atomic mass is 10.0. The molecule has 0 spiro atoms. The van der Waals surface area contributed by atoms with Crippen LogP contribution in [0.3, 0.4) is 0 Å². The summed E-state index contributed by atoms with van der Waals surface area (Å²) in [5, 5.41) is 9.20. The summed E-state index contributed by atoms with van der Waals surface area (Å²) in [5.41, 5.74) is 11.8. The number of aliphatic carboxylic acids is 1. The monoisotopic (exact) mass is 305 g/mol. The minimum absolute atomic E-state index is 0.0390. The Bertz CT molecular complexity index is 544. The molecule has 1 aromatic rings. The fourth-order valence-electron chi connectivity index (χ4n) is 1.87. The van der Waals surface area contributed by atoms with Crippen molar-refractivity contribution in [3.8, 4) is 5.75 Å². The average Bonchev–Trinajstić information content (AvgIpc) is 2.43. The molecule has 1 aromatic carbocycles. The number of aliphatic imine (C=N–C) groups is 1. The van der Waals surface area contributed by atoms with Gasteiger partial charge in [0, 0.05) is 12.0 Å². The number of guanidine groups is 1. The minimum atomic E-state index is -0.883. The zero-order valence-electron chi connectivity index (χ0n) is 13.0. The van der Waals surface area contributed by atoms with Crippen molar-refractivity contribution in [2.75, 3.05) is 13.2 Å². The van der Waals surface area contributed by atoms with E-state index in [9.17, 15) is 9.90 Å². The molecule has 0 aliphatic carbocycles. The van der Waals surface area contributed by atoms with Crippen LogP contribution in [0, 0.1) is 5.92 Å². The first-order valence-electron chi connectivity index (χ1n) is 7.09. The number of allylic oxidation sites excluding steroid dienone is 1. The Balaban J connectivity index is 2.60. The second-order valence-corrected chi connectivity index (χ2v) is 5.22. The van der Waals surface area contributed by atoms with Gasteiger partial charge in [-0.25, -0.2) is 4.79 Å². The molecule has 0 unspecified atom stereocenters. The molecule has 0 amide bonds. The molecular formula is C16H23N3O3. The lowest BCUT2D eigenvalue weighted by Gasteiger charge is -2.07. The molecular weight excluding hydrogens is 282 g/mol. The van der Waals surface area contributed by atoms with Gasteiger partial charge in [0.25, 0.3) is 0 Å². The summed E-state index contributed by atoms with van der Waals surface area (Å²) in [6, 6.07) is 7.32. The number of nitrogens with two attached hydrogens (primary N) is 2. The van der Waals surface area contributed by atoms with Gasteiger partial charge in [-0.15, -0.1) is 0 Å². The fourth-order valence-corrected chi connectivity index (χ4v) is 1.87. The first-order chi connectivity index (χ1) is 10.4. The van der Waals surface area contributed by atoms with Crippen molar-refractivity contribution in [2.45, 2.75) is 20.3 Å². The van der Waals surface area contributed by atoms with Crippen LogP contribution >= 0.6 is 0 Å². The van der Waals surface area contributed by atoms with Crippen LogP contribution in [0.4, 0.5) is 0 Å². The van der Waals surface area contributed by atoms with Crippen LogP contribution < -0.4 is 16.2 Å². The summed E-state index contributed by atoms with van der Waals surface area (Å²) >= 11 is 0. The number of ether oxygens (including phenoxy) is 1. The minimum Gasteiger partial charge on any atom is -0.492 e. The maximum atomic E-state index is 11.2. The van der Waals surface area contributed by atoms with E-state index in [1.807, 2.05) is 26.0 Å². The SMILES string of the molecule is CC(C)C=C(Cc1ccc(OCCN=C(N)N)cc1)C(=O)O. The van der Waals surface area contributed by atoms with E-state index in [4.69, 9.17) is 16.2 Å². The number of hydrogen-bond donors (Lipinski definition) is 3. The summed E-state index contributed by atoms with van der Waals surface area (Å²) in [4.78, 5) is 15.0. The third-order valence-electron chi connectivity index (χ3n) is 2.78. The number of carbonyl (C=O) groups is 1. The van der Waals surface area contributed by atoms with Crippen LogP contribution in [0.5, 0.6) is 5.75 Å². The van der Waals surface area contributed by atoms with Crippen molar-refractivity contribution in [1.82, 2.24) is 0 Å². The predicted molar refractivity (Wildman–Crippen MR) is 86.9 cm³/mol. The Morgan fingerprint density at radius 1 is 1.32 bits per heavy atom. The van der Waals surface area contributed by atoms with E-state index in [1.54, 1.807) is 18.2 Å². The molecule has 0 saturated carbocycles. The zero-order chi connectivity index (χ0) is 16.5. The summed E-state index contributed by atoms with van der Waals surface area (Å²) < 4.78 is 5.48. The molecule has 0 atom stereocenters. The highest BCUT2D eigenvalue weighted by atomic mass is 16.5. The van der Waals surface area contributed by atoms with Gasteiger partial charge in [0.2, 0.25) is 0 Å². The summed E-state index contributed by atoms with van der Waals surface area (Å²) in [5.74, 6) is 0.0480. The Kier molecular flexibility index (Phi) is 6.95. The molecule has 0 radical (unpaired) electrons. The molecule has 0 fully saturated rings. The first-order valence-corrected chi connectivity index (χ1v) is 7.09. The summed E-state index contributed by atoms with van der Waals surface area (Å²) in [6.45, 7) is 4.68. The van der Waals surface area contributed by atoms with Crippen molar-refractivity contribution < 1.29 is 14.6 Å². The predicted octanol–water partition coefficient (Wildman–Crippen LogP) is 1.55. The van der Waals surface area contributed by atoms with Crippen LogP contribution in [0.1, 0.15) is 19.4 Å². The van der Waals surface area contributed by atoms with Gasteiger partial charge >= 0.3 is 5.97 Å². The topological polar surface area (TPSA) is 111 Å². The molecule has 6 heteroatoms. The number of rotatable bonds is 8. The molecule has 6 nitrogen and oxygen atoms in total. The smallest absolute Gasteiger partial charge is 0.331 e. The Labute approximate surface area is 130 Å². The number of carboxylic acids is 1. The summed E-state index contributed by atoms with van der Waals surface area (Å²) in [7, 11) is 0. The molecule has 0 heterocycles. The van der Waals surface area contributed by atoms with Crippen LogP contribution in [-0.2, 0) is 11.2 Å². The van der Waals surface area contributed by atoms with E-state index in [1.165, 1.54) is 0 Å². The lowest BCUT2D eigenvalue weighted by molar-refractivity contribution is -0.132. The standard InChI is InChI=1S/C16H23N3O3/c1-11(2)9-13(15(20)21)10-12-3-5-14(6-4-12)22-8-7-19-16(17)18/h3-6,9,11H,7-8,10H2,1-2H3,(H,20,21)(H4,17,18,19). The van der Waals surface area contributed by atoms with Crippen molar-refractivity contribution in [2.24, 2.45) is 22.4 Å². The molecule has 22 heavy (non-hydrogen) atoms. The van der Waals surface area contributed by atoms with Crippen molar-refractivity contribution in [1.29, 1.82) is 0 Å². The van der Waals surface area contributed by atoms with Gasteiger partial charge in [-0.3, -0.25) is 4.99 Å². The fraction of sp³-hybridized carbons (Fsp3) is 0.375. The normalized spacial score (nSPS) is 11.3. The second-order valence-electron chi connectivity index (χ2n) is 5.22. The molecule has 0 aliphatic heterocycles. The number of nitrogens with zero attached hydrogens (tertiary/aromatic N) is 1. The zero-order valence-corrected chi connectivity index (χ0v) is 13.0. The van der Waals surface area contributed by atoms with E-state index in [-0.39, 0.29) is 11.9 Å². The molecule has 1 rings (SSSR count). The largest absolute Gasteiger partial charge is 0.492 e. The number of benzene rings is 1. The second kappa shape index (κ2) is 8.71. The van der Waals surface area contributed by atoms with Gasteiger partial charge in [-0.2, -0.15) is 0 Å². The van der Waals surface area contributed by atoms with Gasteiger partial charge in [0.05, 0.1) is 6.54 Å². The molecule has 120 valence electrons. The number of carboxylic acid groups (broad SMARTS) is 1. The Morgan fingerprint density at radius 3 is 2.45 bits per heavy atom. The Hall–Kier alpha value is -2.50. The molecule has 0 bridgehead atoms. The van der Waals surface area contributed by atoms with Crippen LogP contribution in [0.2, 0.25) is 0 Å². The van der Waals surface area contributed by atoms with E-state index in [2.05, 4.69) is 4.99 Å². The quantitative estimate of drug-likeness (QED) is 0.292. The van der Waals surface area contributed by atoms with E-state index < -0.39 is 5.97 Å². The van der Waals surface area contributed by atoms with Crippen molar-refractivity contribution in [3.63, 3.8) is 0 Å². The molecule has 0 aliphatic rings. The van der Waals surface area contributed by atoms with E-state index in [0.29, 0.717) is 30.9 Å². The van der Waals surface area contributed by atoms with Gasteiger partial charge in [0.15, 0.2) is 5.96 Å².